The number of hydrogen-bond acceptors (Lipinski definition) is 8. The quantitative estimate of drug-likeness (QED) is 0.621. The van der Waals surface area contributed by atoms with Crippen LogP contribution < -0.4 is 0 Å². The minimum absolute atomic E-state index is 0.365. The third-order valence-corrected chi connectivity index (χ3v) is 8.12. The number of rotatable bonds is 4. The molecule has 3 aliphatic rings. The van der Waals surface area contributed by atoms with E-state index in [-0.39, 0.29) is 24.0 Å². The Bertz CT molecular complexity index is 1040. The van der Waals surface area contributed by atoms with Crippen LogP contribution in [0.5, 0.6) is 0 Å². The molecule has 2 N–H and O–H groups in total. The van der Waals surface area contributed by atoms with Crippen LogP contribution in [0.2, 0.25) is 0 Å². The maximum absolute atomic E-state index is 13.1. The van der Waals surface area contributed by atoms with Crippen LogP contribution >= 0.6 is 0 Å². The van der Waals surface area contributed by atoms with Gasteiger partial charge in [-0.25, -0.2) is 0 Å². The first kappa shape index (κ1) is 24.9. The molecule has 1 heterocycles. The van der Waals surface area contributed by atoms with Crippen LogP contribution in [-0.2, 0) is 31.9 Å². The summed E-state index contributed by atoms with van der Waals surface area (Å²) < 4.78 is 10.4. The third kappa shape index (κ3) is 4.32. The van der Waals surface area contributed by atoms with Gasteiger partial charge in [-0.3, -0.25) is 19.4 Å². The normalized spacial score (nSPS) is 30.7. The lowest BCUT2D eigenvalue weighted by Crippen LogP contribution is -2.55. The van der Waals surface area contributed by atoms with E-state index in [1.165, 1.54) is 14.2 Å². The number of hydrogen-bond donors (Lipinski definition) is 2. The molecule has 1 saturated heterocycles. The summed E-state index contributed by atoms with van der Waals surface area (Å²) in [6, 6.07) is 13.9. The van der Waals surface area contributed by atoms with Gasteiger partial charge in [0.25, 0.3) is 0 Å². The van der Waals surface area contributed by atoms with Crippen molar-refractivity contribution in [3.8, 4) is 0 Å². The Labute approximate surface area is 211 Å². The van der Waals surface area contributed by atoms with Crippen molar-refractivity contribution in [3.05, 3.63) is 70.8 Å². The van der Waals surface area contributed by atoms with Crippen molar-refractivity contribution >= 4 is 11.9 Å². The van der Waals surface area contributed by atoms with Gasteiger partial charge in [0.1, 0.15) is 12.1 Å². The number of esters is 2. The van der Waals surface area contributed by atoms with Gasteiger partial charge in [-0.15, -0.1) is 0 Å². The summed E-state index contributed by atoms with van der Waals surface area (Å²) in [5, 5.41) is 22.1. The van der Waals surface area contributed by atoms with Crippen molar-refractivity contribution in [2.75, 3.05) is 27.3 Å². The number of carbonyl (C=O) groups excluding carboxylic acids is 2. The van der Waals surface area contributed by atoms with E-state index < -0.39 is 24.3 Å². The number of benzene rings is 2. The second kappa shape index (κ2) is 10.3. The minimum atomic E-state index is -0.662. The molecule has 0 radical (unpaired) electrons. The van der Waals surface area contributed by atoms with E-state index in [1.54, 1.807) is 0 Å². The average molecular weight is 495 g/mol. The van der Waals surface area contributed by atoms with Gasteiger partial charge in [-0.05, 0) is 35.1 Å². The van der Waals surface area contributed by atoms with E-state index in [4.69, 9.17) is 9.47 Å². The van der Waals surface area contributed by atoms with Crippen LogP contribution in [0.3, 0.4) is 0 Å². The summed E-state index contributed by atoms with van der Waals surface area (Å²) in [5.74, 6) is -0.731. The van der Waals surface area contributed by atoms with E-state index in [9.17, 15) is 19.8 Å². The molecule has 1 fully saturated rings. The summed E-state index contributed by atoms with van der Waals surface area (Å²) in [4.78, 5) is 30.2. The molecule has 2 aromatic carbocycles. The highest BCUT2D eigenvalue weighted by atomic mass is 16.5. The molecular formula is C28H34N2O6. The zero-order chi connectivity index (χ0) is 25.4. The molecule has 0 spiro atoms. The molecule has 0 amide bonds. The third-order valence-electron chi connectivity index (χ3n) is 8.12. The van der Waals surface area contributed by atoms with Gasteiger partial charge in [0.15, 0.2) is 0 Å². The highest BCUT2D eigenvalue weighted by Gasteiger charge is 2.46. The molecule has 1 aliphatic heterocycles. The molecule has 2 aliphatic carbocycles. The van der Waals surface area contributed by atoms with Crippen LogP contribution in [0.15, 0.2) is 48.5 Å². The Kier molecular flexibility index (Phi) is 7.12. The van der Waals surface area contributed by atoms with E-state index in [1.807, 2.05) is 58.3 Å². The van der Waals surface area contributed by atoms with Crippen molar-refractivity contribution in [3.63, 3.8) is 0 Å². The summed E-state index contributed by atoms with van der Waals surface area (Å²) in [6.07, 6.45) is 0.481. The first-order valence-electron chi connectivity index (χ1n) is 12.6. The van der Waals surface area contributed by atoms with E-state index in [0.29, 0.717) is 38.8 Å². The Morgan fingerprint density at radius 3 is 1.50 bits per heavy atom. The molecule has 0 saturated carbocycles. The van der Waals surface area contributed by atoms with Gasteiger partial charge in [0, 0.05) is 25.9 Å². The molecule has 2 aromatic rings. The number of nitrogens with zero attached hydrogens (tertiary/aromatic N) is 2. The van der Waals surface area contributed by atoms with Crippen LogP contribution in [0.4, 0.5) is 0 Å². The van der Waals surface area contributed by atoms with Crippen LogP contribution in [0.25, 0.3) is 0 Å². The molecular weight excluding hydrogens is 460 g/mol. The number of aliphatic hydroxyl groups excluding tert-OH is 2. The highest BCUT2D eigenvalue weighted by molar-refractivity contribution is 5.77. The Morgan fingerprint density at radius 2 is 1.11 bits per heavy atom. The number of carbonyl (C=O) groups is 2. The maximum Gasteiger partial charge on any atom is 0.323 e. The first-order valence-corrected chi connectivity index (χ1v) is 12.6. The topological polar surface area (TPSA) is 99.5 Å². The standard InChI is InChI=1S/C28H34N2O6/c1-35-27(33)21-11-13-30(26-20-10-6-4-8-18(20)16-24(26)32)22(28(34)36-2)12-14-29(21)25-19-9-5-3-7-17(19)15-23(25)31/h3-10,21-26,31-32H,11-16H2,1-2H3/t21?,22?,23-,24-,25+,26+/m1/s1. The van der Waals surface area contributed by atoms with Crippen molar-refractivity contribution in [1.82, 2.24) is 9.80 Å². The lowest BCUT2D eigenvalue weighted by atomic mass is 9.95. The predicted molar refractivity (Wildman–Crippen MR) is 132 cm³/mol. The van der Waals surface area contributed by atoms with E-state index >= 15 is 0 Å². The van der Waals surface area contributed by atoms with Crippen LogP contribution in [-0.4, -0.2) is 83.6 Å². The maximum atomic E-state index is 13.1. The molecule has 5 rings (SSSR count). The van der Waals surface area contributed by atoms with Crippen LogP contribution in [0.1, 0.15) is 47.2 Å². The molecule has 6 atom stereocenters. The van der Waals surface area contributed by atoms with Crippen LogP contribution in [0, 0.1) is 0 Å². The Morgan fingerprint density at radius 1 is 0.722 bits per heavy atom. The summed E-state index contributed by atoms with van der Waals surface area (Å²) in [5.41, 5.74) is 4.15. The Hall–Kier alpha value is -2.78. The molecule has 192 valence electrons. The number of ether oxygens (including phenoxy) is 2. The number of aliphatic hydroxyl groups is 2. The van der Waals surface area contributed by atoms with Crippen molar-refractivity contribution in [2.24, 2.45) is 0 Å². The fourth-order valence-corrected chi connectivity index (χ4v) is 6.54. The summed E-state index contributed by atoms with van der Waals surface area (Å²) in [7, 11) is 2.76. The fraction of sp³-hybridized carbons (Fsp3) is 0.500. The monoisotopic (exact) mass is 494 g/mol. The Balaban J connectivity index is 1.51. The second-order valence-corrected chi connectivity index (χ2v) is 9.96. The first-order chi connectivity index (χ1) is 17.4. The number of methoxy groups -OCH3 is 2. The molecule has 0 bridgehead atoms. The van der Waals surface area contributed by atoms with Gasteiger partial charge >= 0.3 is 11.9 Å². The van der Waals surface area contributed by atoms with Crippen molar-refractivity contribution < 1.29 is 29.3 Å². The smallest absolute Gasteiger partial charge is 0.323 e. The van der Waals surface area contributed by atoms with Crippen molar-refractivity contribution in [1.29, 1.82) is 0 Å². The highest BCUT2D eigenvalue weighted by Crippen LogP contribution is 2.42. The molecule has 36 heavy (non-hydrogen) atoms. The molecule has 8 nitrogen and oxygen atoms in total. The fourth-order valence-electron chi connectivity index (χ4n) is 6.54. The minimum Gasteiger partial charge on any atom is -0.468 e. The average Bonchev–Trinajstić information content (AvgIpc) is 3.39. The van der Waals surface area contributed by atoms with Gasteiger partial charge < -0.3 is 19.7 Å². The SMILES string of the molecule is COC(=O)C1CCN([C@H]2c3ccccc3C[C@H]2O)C(C(=O)OC)CCN1[C@H]1c2ccccc2C[C@H]1O. The van der Waals surface area contributed by atoms with Gasteiger partial charge in [-0.1, -0.05) is 48.5 Å². The van der Waals surface area contributed by atoms with E-state index in [0.717, 1.165) is 22.3 Å². The summed E-state index contributed by atoms with van der Waals surface area (Å²) in [6.45, 7) is 0.771. The second-order valence-electron chi connectivity index (χ2n) is 9.96. The molecule has 2 unspecified atom stereocenters. The van der Waals surface area contributed by atoms with E-state index in [2.05, 4.69) is 0 Å². The molecule has 0 aromatic heterocycles. The largest absolute Gasteiger partial charge is 0.468 e. The number of fused-ring (bicyclic) bond motifs is 2. The zero-order valence-electron chi connectivity index (χ0n) is 20.7. The lowest BCUT2D eigenvalue weighted by molar-refractivity contribution is -0.155. The van der Waals surface area contributed by atoms with Gasteiger partial charge in [-0.2, -0.15) is 0 Å². The van der Waals surface area contributed by atoms with Crippen molar-refractivity contribution in [2.45, 2.75) is 62.1 Å². The van der Waals surface area contributed by atoms with Gasteiger partial charge in [0.05, 0.1) is 38.5 Å². The zero-order valence-corrected chi connectivity index (χ0v) is 20.7. The molecule has 8 heteroatoms. The summed E-state index contributed by atoms with van der Waals surface area (Å²) >= 11 is 0. The van der Waals surface area contributed by atoms with Gasteiger partial charge in [0.2, 0.25) is 0 Å². The lowest BCUT2D eigenvalue weighted by Gasteiger charge is -2.44. The predicted octanol–water partition coefficient (Wildman–Crippen LogP) is 1.78.